The molecule has 2 saturated heterocycles. The number of carbonyl (C=O) groups excluding carboxylic acids is 1. The summed E-state index contributed by atoms with van der Waals surface area (Å²) in [6.45, 7) is 7.87. The number of carbonyl (C=O) groups is 1. The lowest BCUT2D eigenvalue weighted by Gasteiger charge is -2.29. The highest BCUT2D eigenvalue weighted by atomic mass is 32.2. The summed E-state index contributed by atoms with van der Waals surface area (Å²) < 4.78 is 20.2. The quantitative estimate of drug-likeness (QED) is 0.472. The number of thiocarbonyl (C=S) groups is 1. The Bertz CT molecular complexity index is 738. The number of amides is 1. The van der Waals surface area contributed by atoms with Crippen LogP contribution in [0.1, 0.15) is 18.9 Å². The fraction of sp³-hybridized carbons (Fsp3) is 0.500. The molecule has 2 aliphatic heterocycles. The van der Waals surface area contributed by atoms with Gasteiger partial charge in [0.05, 0.1) is 18.1 Å². The van der Waals surface area contributed by atoms with Crippen LogP contribution in [0.2, 0.25) is 0 Å². The SMILES string of the molecule is CCCN1C(=O)/C(=C/N(CCN2CCOCC2)Cc2ccccc2F)SC1=S. The van der Waals surface area contributed by atoms with E-state index in [-0.39, 0.29) is 11.7 Å². The Morgan fingerprint density at radius 2 is 2.04 bits per heavy atom. The molecule has 1 amide bonds. The first-order valence-electron chi connectivity index (χ1n) is 9.61. The summed E-state index contributed by atoms with van der Waals surface area (Å²) >= 11 is 6.68. The Morgan fingerprint density at radius 3 is 2.75 bits per heavy atom. The largest absolute Gasteiger partial charge is 0.379 e. The van der Waals surface area contributed by atoms with Crippen LogP contribution in [-0.4, -0.2) is 70.9 Å². The molecule has 2 aliphatic rings. The van der Waals surface area contributed by atoms with Crippen molar-refractivity contribution in [2.45, 2.75) is 19.9 Å². The van der Waals surface area contributed by atoms with Crippen LogP contribution in [0.3, 0.4) is 0 Å². The number of rotatable bonds is 8. The highest BCUT2D eigenvalue weighted by Gasteiger charge is 2.32. The zero-order valence-corrected chi connectivity index (χ0v) is 17.7. The van der Waals surface area contributed by atoms with Crippen molar-refractivity contribution in [2.24, 2.45) is 0 Å². The molecule has 2 heterocycles. The minimum Gasteiger partial charge on any atom is -0.379 e. The van der Waals surface area contributed by atoms with Crippen molar-refractivity contribution in [3.63, 3.8) is 0 Å². The highest BCUT2D eigenvalue weighted by Crippen LogP contribution is 2.31. The second-order valence-corrected chi connectivity index (χ2v) is 8.51. The predicted octanol–water partition coefficient (Wildman–Crippen LogP) is 3.07. The molecule has 8 heteroatoms. The Labute approximate surface area is 175 Å². The van der Waals surface area contributed by atoms with Gasteiger partial charge in [-0.05, 0) is 12.5 Å². The van der Waals surface area contributed by atoms with Crippen LogP contribution in [0.5, 0.6) is 0 Å². The molecule has 0 unspecified atom stereocenters. The van der Waals surface area contributed by atoms with Crippen molar-refractivity contribution in [3.05, 3.63) is 46.8 Å². The third-order valence-electron chi connectivity index (χ3n) is 4.76. The summed E-state index contributed by atoms with van der Waals surface area (Å²) in [6.07, 6.45) is 2.71. The number of hydrogen-bond donors (Lipinski definition) is 0. The lowest BCUT2D eigenvalue weighted by Crippen LogP contribution is -2.40. The van der Waals surface area contributed by atoms with E-state index in [1.165, 1.54) is 17.8 Å². The Kier molecular flexibility index (Phi) is 7.84. The van der Waals surface area contributed by atoms with Crippen molar-refractivity contribution < 1.29 is 13.9 Å². The van der Waals surface area contributed by atoms with Crippen molar-refractivity contribution in [3.8, 4) is 0 Å². The van der Waals surface area contributed by atoms with Crippen molar-refractivity contribution in [2.75, 3.05) is 45.9 Å². The van der Waals surface area contributed by atoms with E-state index in [4.69, 9.17) is 17.0 Å². The lowest BCUT2D eigenvalue weighted by atomic mass is 10.2. The maximum atomic E-state index is 14.2. The zero-order valence-electron chi connectivity index (χ0n) is 16.1. The summed E-state index contributed by atoms with van der Waals surface area (Å²) in [5, 5.41) is 0. The smallest absolute Gasteiger partial charge is 0.267 e. The topological polar surface area (TPSA) is 36.0 Å². The molecule has 0 bridgehead atoms. The van der Waals surface area contributed by atoms with E-state index >= 15 is 0 Å². The van der Waals surface area contributed by atoms with E-state index in [9.17, 15) is 9.18 Å². The van der Waals surface area contributed by atoms with Gasteiger partial charge in [0.15, 0.2) is 0 Å². The fourth-order valence-electron chi connectivity index (χ4n) is 3.20. The molecule has 0 N–H and O–H groups in total. The van der Waals surface area contributed by atoms with Crippen LogP contribution in [0.25, 0.3) is 0 Å². The molecule has 3 rings (SSSR count). The fourth-order valence-corrected chi connectivity index (χ4v) is 4.52. The average Bonchev–Trinajstić information content (AvgIpc) is 2.96. The van der Waals surface area contributed by atoms with Gasteiger partial charge in [0.25, 0.3) is 5.91 Å². The average molecular weight is 424 g/mol. The molecule has 0 radical (unpaired) electrons. The first-order chi connectivity index (χ1) is 13.6. The Balaban J connectivity index is 1.74. The van der Waals surface area contributed by atoms with Crippen LogP contribution in [0.4, 0.5) is 4.39 Å². The predicted molar refractivity (Wildman–Crippen MR) is 114 cm³/mol. The van der Waals surface area contributed by atoms with Gasteiger partial charge in [-0.3, -0.25) is 14.6 Å². The molecule has 1 aromatic carbocycles. The zero-order chi connectivity index (χ0) is 19.9. The molecule has 0 spiro atoms. The molecular weight excluding hydrogens is 397 g/mol. The summed E-state index contributed by atoms with van der Waals surface area (Å²) in [7, 11) is 0. The minimum atomic E-state index is -0.231. The van der Waals surface area contributed by atoms with Crippen LogP contribution < -0.4 is 0 Å². The van der Waals surface area contributed by atoms with Gasteiger partial charge in [-0.15, -0.1) is 0 Å². The summed E-state index contributed by atoms with van der Waals surface area (Å²) in [5.74, 6) is -0.285. The number of morpholine rings is 1. The number of hydrogen-bond acceptors (Lipinski definition) is 6. The number of thioether (sulfide) groups is 1. The van der Waals surface area contributed by atoms with Crippen LogP contribution in [0, 0.1) is 5.82 Å². The first-order valence-corrected chi connectivity index (χ1v) is 10.8. The number of halogens is 1. The maximum absolute atomic E-state index is 14.2. The van der Waals surface area contributed by atoms with Gasteiger partial charge < -0.3 is 9.64 Å². The minimum absolute atomic E-state index is 0.0539. The van der Waals surface area contributed by atoms with E-state index in [1.54, 1.807) is 17.0 Å². The third-order valence-corrected chi connectivity index (χ3v) is 6.12. The molecule has 152 valence electrons. The third kappa shape index (κ3) is 5.53. The number of benzene rings is 1. The van der Waals surface area contributed by atoms with Gasteiger partial charge >= 0.3 is 0 Å². The summed E-state index contributed by atoms with van der Waals surface area (Å²) in [5.41, 5.74) is 0.616. The van der Waals surface area contributed by atoms with Crippen molar-refractivity contribution in [1.29, 1.82) is 0 Å². The Hall–Kier alpha value is -1.48. The molecular formula is C20H26FN3O2S2. The second-order valence-electron chi connectivity index (χ2n) is 6.83. The van der Waals surface area contributed by atoms with E-state index < -0.39 is 0 Å². The lowest BCUT2D eigenvalue weighted by molar-refractivity contribution is -0.122. The highest BCUT2D eigenvalue weighted by molar-refractivity contribution is 8.26. The van der Waals surface area contributed by atoms with E-state index in [0.29, 0.717) is 34.4 Å². The van der Waals surface area contributed by atoms with E-state index in [1.807, 2.05) is 24.1 Å². The van der Waals surface area contributed by atoms with Crippen LogP contribution in [-0.2, 0) is 16.1 Å². The number of ether oxygens (including phenoxy) is 1. The normalized spacial score (nSPS) is 19.6. The summed E-state index contributed by atoms with van der Waals surface area (Å²) in [4.78, 5) is 19.3. The van der Waals surface area contributed by atoms with Gasteiger partial charge in [-0.25, -0.2) is 4.39 Å². The Morgan fingerprint density at radius 1 is 1.29 bits per heavy atom. The molecule has 1 aromatic rings. The summed E-state index contributed by atoms with van der Waals surface area (Å²) in [6, 6.07) is 6.77. The molecule has 2 fully saturated rings. The van der Waals surface area contributed by atoms with Crippen molar-refractivity contribution >= 4 is 34.2 Å². The standard InChI is InChI=1S/C20H26FN3O2S2/c1-2-7-24-19(25)18(28-20(24)27)15-23(9-8-22-10-12-26-13-11-22)14-16-5-3-4-6-17(16)21/h3-6,15H,2,7-14H2,1H3/b18-15-. The molecule has 28 heavy (non-hydrogen) atoms. The van der Waals surface area contributed by atoms with Crippen molar-refractivity contribution in [1.82, 2.24) is 14.7 Å². The van der Waals surface area contributed by atoms with Gasteiger partial charge in [0.1, 0.15) is 10.1 Å². The van der Waals surface area contributed by atoms with E-state index in [0.717, 1.165) is 39.3 Å². The molecule has 0 aromatic heterocycles. The van der Waals surface area contributed by atoms with Crippen LogP contribution >= 0.6 is 24.0 Å². The van der Waals surface area contributed by atoms with Gasteiger partial charge in [0.2, 0.25) is 0 Å². The monoisotopic (exact) mass is 423 g/mol. The van der Waals surface area contributed by atoms with Gasteiger partial charge in [0, 0.05) is 51.0 Å². The first kappa shape index (κ1) is 21.2. The second kappa shape index (κ2) is 10.3. The molecule has 0 aliphatic carbocycles. The van der Waals surface area contributed by atoms with Gasteiger partial charge in [-0.1, -0.05) is 49.1 Å². The van der Waals surface area contributed by atoms with Crippen LogP contribution in [0.15, 0.2) is 35.4 Å². The van der Waals surface area contributed by atoms with E-state index in [2.05, 4.69) is 4.90 Å². The number of nitrogens with zero attached hydrogens (tertiary/aromatic N) is 3. The molecule has 0 saturated carbocycles. The molecule has 0 atom stereocenters. The van der Waals surface area contributed by atoms with Gasteiger partial charge in [-0.2, -0.15) is 0 Å². The molecule has 5 nitrogen and oxygen atoms in total. The maximum Gasteiger partial charge on any atom is 0.267 e.